The lowest BCUT2D eigenvalue weighted by Crippen LogP contribution is -2.27. The molecule has 4 unspecified atom stereocenters. The molecule has 0 aliphatic heterocycles. The number of hydrogen-bond donors (Lipinski definition) is 2. The molecule has 154 valence electrons. The van der Waals surface area contributed by atoms with Gasteiger partial charge in [-0.1, -0.05) is 31.9 Å². The molecule has 5 nitrogen and oxygen atoms in total. The first-order chi connectivity index (χ1) is 13.5. The number of hydrogen-bond acceptors (Lipinski definition) is 4. The van der Waals surface area contributed by atoms with Crippen LogP contribution in [0, 0.1) is 17.8 Å². The van der Waals surface area contributed by atoms with Crippen molar-refractivity contribution >= 4 is 11.8 Å². The lowest BCUT2D eigenvalue weighted by Gasteiger charge is -2.32. The van der Waals surface area contributed by atoms with Crippen LogP contribution in [0.1, 0.15) is 63.0 Å². The summed E-state index contributed by atoms with van der Waals surface area (Å²) in [5, 5.41) is 19.5. The van der Waals surface area contributed by atoms with Crippen molar-refractivity contribution in [2.75, 3.05) is 6.61 Å². The van der Waals surface area contributed by atoms with Gasteiger partial charge in [0, 0.05) is 12.8 Å². The standard InChI is InChI=1S/C23H32O5/c1-2-3-4-7-17(24)9-10-18-19-11-15-6-5-8-22(28-14-23(26)27)20(15)12-16(19)13-21(18)25/h5-6,8,16,18-19,21,25H,2-4,7,9-14H2,1H3,(H,26,27). The largest absolute Gasteiger partial charge is 0.482 e. The van der Waals surface area contributed by atoms with Crippen molar-refractivity contribution in [3.63, 3.8) is 0 Å². The van der Waals surface area contributed by atoms with Gasteiger partial charge >= 0.3 is 5.97 Å². The van der Waals surface area contributed by atoms with E-state index in [1.165, 1.54) is 5.56 Å². The third-order valence-corrected chi connectivity index (χ3v) is 6.51. The topological polar surface area (TPSA) is 83.8 Å². The molecule has 0 saturated heterocycles. The van der Waals surface area contributed by atoms with E-state index < -0.39 is 5.97 Å². The molecule has 0 radical (unpaired) electrons. The smallest absolute Gasteiger partial charge is 0.341 e. The van der Waals surface area contributed by atoms with Crippen LogP contribution in [0.5, 0.6) is 5.75 Å². The Labute approximate surface area is 167 Å². The van der Waals surface area contributed by atoms with E-state index in [0.717, 1.165) is 50.5 Å². The van der Waals surface area contributed by atoms with E-state index in [1.54, 1.807) is 0 Å². The van der Waals surface area contributed by atoms with E-state index >= 15 is 0 Å². The second-order valence-electron chi connectivity index (χ2n) is 8.41. The van der Waals surface area contributed by atoms with Crippen molar-refractivity contribution in [3.05, 3.63) is 29.3 Å². The predicted molar refractivity (Wildman–Crippen MR) is 106 cm³/mol. The van der Waals surface area contributed by atoms with Crippen LogP contribution >= 0.6 is 0 Å². The lowest BCUT2D eigenvalue weighted by molar-refractivity contribution is -0.139. The van der Waals surface area contributed by atoms with Crippen molar-refractivity contribution in [3.8, 4) is 5.75 Å². The van der Waals surface area contributed by atoms with E-state index in [4.69, 9.17) is 9.84 Å². The zero-order valence-electron chi connectivity index (χ0n) is 16.7. The number of aliphatic hydroxyl groups excluding tert-OH is 1. The zero-order chi connectivity index (χ0) is 20.1. The highest BCUT2D eigenvalue weighted by Crippen LogP contribution is 2.48. The molecule has 5 heteroatoms. The molecule has 0 heterocycles. The van der Waals surface area contributed by atoms with Gasteiger partial charge in [0.1, 0.15) is 11.5 Å². The molecule has 3 rings (SSSR count). The van der Waals surface area contributed by atoms with Gasteiger partial charge in [-0.15, -0.1) is 0 Å². The van der Waals surface area contributed by atoms with E-state index in [9.17, 15) is 14.7 Å². The maximum atomic E-state index is 12.2. The van der Waals surface area contributed by atoms with E-state index in [2.05, 4.69) is 13.0 Å². The summed E-state index contributed by atoms with van der Waals surface area (Å²) >= 11 is 0. The highest BCUT2D eigenvalue weighted by atomic mass is 16.5. The number of ketones is 1. The van der Waals surface area contributed by atoms with E-state index in [-0.39, 0.29) is 18.6 Å². The molecule has 1 fully saturated rings. The number of aliphatic carboxylic acids is 1. The van der Waals surface area contributed by atoms with Crippen LogP contribution in [0.3, 0.4) is 0 Å². The van der Waals surface area contributed by atoms with Gasteiger partial charge in [0.2, 0.25) is 0 Å². The number of Topliss-reactive ketones (excluding diaryl/α,β-unsaturated/α-hetero) is 1. The molecule has 1 aromatic rings. The Bertz CT molecular complexity index is 698. The summed E-state index contributed by atoms with van der Waals surface area (Å²) in [6, 6.07) is 5.82. The molecule has 2 N–H and O–H groups in total. The first-order valence-corrected chi connectivity index (χ1v) is 10.6. The van der Waals surface area contributed by atoms with Crippen LogP contribution in [0.25, 0.3) is 0 Å². The Morgan fingerprint density at radius 3 is 2.75 bits per heavy atom. The van der Waals surface area contributed by atoms with Crippen molar-refractivity contribution in [2.24, 2.45) is 17.8 Å². The summed E-state index contributed by atoms with van der Waals surface area (Å²) in [5.41, 5.74) is 2.28. The fraction of sp³-hybridized carbons (Fsp3) is 0.652. The quantitative estimate of drug-likeness (QED) is 0.596. The van der Waals surface area contributed by atoms with Crippen molar-refractivity contribution in [1.82, 2.24) is 0 Å². The number of carboxylic acids is 1. The Morgan fingerprint density at radius 1 is 1.18 bits per heavy atom. The minimum absolute atomic E-state index is 0.178. The number of carbonyl (C=O) groups is 2. The number of rotatable bonds is 10. The van der Waals surface area contributed by atoms with Gasteiger partial charge in [0.15, 0.2) is 6.61 Å². The second-order valence-corrected chi connectivity index (χ2v) is 8.41. The number of unbranched alkanes of at least 4 members (excludes halogenated alkanes) is 2. The molecular formula is C23H32O5. The van der Waals surface area contributed by atoms with Gasteiger partial charge in [0.05, 0.1) is 6.10 Å². The molecule has 2 aliphatic carbocycles. The maximum Gasteiger partial charge on any atom is 0.341 e. The fourth-order valence-electron chi connectivity index (χ4n) is 5.10. The van der Waals surface area contributed by atoms with Crippen molar-refractivity contribution in [2.45, 2.75) is 70.8 Å². The molecule has 28 heavy (non-hydrogen) atoms. The molecule has 1 saturated carbocycles. The molecule has 0 aromatic heterocycles. The van der Waals surface area contributed by atoms with Crippen LogP contribution in [0.4, 0.5) is 0 Å². The third kappa shape index (κ3) is 4.93. The molecular weight excluding hydrogens is 356 g/mol. The second kappa shape index (κ2) is 9.55. The Morgan fingerprint density at radius 2 is 2.00 bits per heavy atom. The zero-order valence-corrected chi connectivity index (χ0v) is 16.7. The number of benzene rings is 1. The van der Waals surface area contributed by atoms with Crippen molar-refractivity contribution in [1.29, 1.82) is 0 Å². The van der Waals surface area contributed by atoms with Gasteiger partial charge < -0.3 is 14.9 Å². The minimum Gasteiger partial charge on any atom is -0.482 e. The monoisotopic (exact) mass is 388 g/mol. The lowest BCUT2D eigenvalue weighted by atomic mass is 9.73. The maximum absolute atomic E-state index is 12.2. The molecule has 2 aliphatic rings. The average Bonchev–Trinajstić information content (AvgIpc) is 2.97. The van der Waals surface area contributed by atoms with E-state index in [1.807, 2.05) is 12.1 Å². The van der Waals surface area contributed by atoms with Crippen LogP contribution < -0.4 is 4.74 Å². The summed E-state index contributed by atoms with van der Waals surface area (Å²) in [6.45, 7) is 1.80. The van der Waals surface area contributed by atoms with Crippen LogP contribution in [0.2, 0.25) is 0 Å². The predicted octanol–water partition coefficient (Wildman–Crippen LogP) is 3.79. The number of ether oxygens (including phenoxy) is 1. The highest BCUT2D eigenvalue weighted by molar-refractivity contribution is 5.78. The van der Waals surface area contributed by atoms with Crippen LogP contribution in [0.15, 0.2) is 18.2 Å². The summed E-state index contributed by atoms with van der Waals surface area (Å²) < 4.78 is 5.49. The molecule has 1 aromatic carbocycles. The Balaban J connectivity index is 1.63. The summed E-state index contributed by atoms with van der Waals surface area (Å²) in [7, 11) is 0. The van der Waals surface area contributed by atoms with Gasteiger partial charge in [-0.2, -0.15) is 0 Å². The van der Waals surface area contributed by atoms with Gasteiger partial charge in [-0.3, -0.25) is 4.79 Å². The Kier molecular flexibility index (Phi) is 7.11. The van der Waals surface area contributed by atoms with Gasteiger partial charge in [-0.25, -0.2) is 4.79 Å². The first-order valence-electron chi connectivity index (χ1n) is 10.6. The van der Waals surface area contributed by atoms with Crippen LogP contribution in [-0.2, 0) is 22.4 Å². The number of carboxylic acid groups (broad SMARTS) is 1. The third-order valence-electron chi connectivity index (χ3n) is 6.51. The average molecular weight is 389 g/mol. The summed E-state index contributed by atoms with van der Waals surface area (Å²) in [6.07, 6.45) is 7.30. The SMILES string of the molecule is CCCCCC(=O)CCC1C(O)CC2Cc3c(cccc3OCC(=O)O)CC21. The highest BCUT2D eigenvalue weighted by Gasteiger charge is 2.44. The number of carbonyl (C=O) groups excluding carboxylic acids is 1. The summed E-state index contributed by atoms with van der Waals surface area (Å²) in [5.74, 6) is 0.938. The fourth-order valence-corrected chi connectivity index (χ4v) is 5.10. The number of fused-ring (bicyclic) bond motifs is 2. The van der Waals surface area contributed by atoms with E-state index in [0.29, 0.717) is 36.2 Å². The molecule has 0 bridgehead atoms. The first kappa shape index (κ1) is 20.8. The van der Waals surface area contributed by atoms with Crippen LogP contribution in [-0.4, -0.2) is 34.7 Å². The Hall–Kier alpha value is -1.88. The van der Waals surface area contributed by atoms with Gasteiger partial charge in [-0.05, 0) is 67.1 Å². The minimum atomic E-state index is -0.980. The van der Waals surface area contributed by atoms with Gasteiger partial charge in [0.25, 0.3) is 0 Å². The number of aliphatic hydroxyl groups is 1. The summed E-state index contributed by atoms with van der Waals surface area (Å²) in [4.78, 5) is 23.0. The molecule has 0 spiro atoms. The molecule has 4 atom stereocenters. The van der Waals surface area contributed by atoms with Crippen molar-refractivity contribution < 1.29 is 24.5 Å². The normalized spacial score (nSPS) is 25.8. The molecule has 0 amide bonds.